The Morgan fingerprint density at radius 2 is 1.91 bits per heavy atom. The Balaban J connectivity index is 1.63. The van der Waals surface area contributed by atoms with E-state index in [1.807, 2.05) is 43.3 Å². The number of phenols is 1. The minimum Gasteiger partial charge on any atom is -0.504 e. The largest absolute Gasteiger partial charge is 0.504 e. The van der Waals surface area contributed by atoms with E-state index in [1.54, 1.807) is 0 Å². The summed E-state index contributed by atoms with van der Waals surface area (Å²) in [5.41, 5.74) is 7.52. The molecule has 0 saturated carbocycles. The maximum atomic E-state index is 12.3. The van der Waals surface area contributed by atoms with Crippen molar-refractivity contribution < 1.29 is 27.3 Å². The number of anilines is 2. The first kappa shape index (κ1) is 24.5. The number of nitrogens with one attached hydrogen (secondary N) is 1. The van der Waals surface area contributed by atoms with Gasteiger partial charge in [0.15, 0.2) is 5.75 Å². The molecule has 2 aromatic carbocycles. The van der Waals surface area contributed by atoms with Crippen molar-refractivity contribution in [3.05, 3.63) is 47.3 Å². The molecule has 0 spiro atoms. The number of halogens is 1. The van der Waals surface area contributed by atoms with Crippen LogP contribution in [0.4, 0.5) is 11.4 Å². The number of carbonyl (C=O) groups excluding carboxylic acids is 1. The molecule has 0 radical (unpaired) electrons. The van der Waals surface area contributed by atoms with Gasteiger partial charge in [-0.25, -0.2) is 0 Å². The van der Waals surface area contributed by atoms with E-state index in [4.69, 9.17) is 21.8 Å². The SMILES string of the molecule is CN(C)c1ccc(-c2nnc([C@@H](N)CCC(=O)Nc3cc(Cl)cc(S(=O)(=O)O)c3O)o2)cc1. The summed E-state index contributed by atoms with van der Waals surface area (Å²) < 4.78 is 37.5. The second-order valence-corrected chi connectivity index (χ2v) is 9.18. The highest BCUT2D eigenvalue weighted by atomic mass is 35.5. The minimum atomic E-state index is -4.74. The van der Waals surface area contributed by atoms with Gasteiger partial charge in [0, 0.05) is 36.8 Å². The Kier molecular flexibility index (Phi) is 7.22. The number of aromatic hydroxyl groups is 1. The summed E-state index contributed by atoms with van der Waals surface area (Å²) in [6.07, 6.45) is 0.0170. The van der Waals surface area contributed by atoms with E-state index < -0.39 is 32.7 Å². The summed E-state index contributed by atoms with van der Waals surface area (Å²) >= 11 is 5.81. The third-order valence-electron chi connectivity index (χ3n) is 4.66. The van der Waals surface area contributed by atoms with E-state index in [0.29, 0.717) is 0 Å². The molecule has 5 N–H and O–H groups in total. The van der Waals surface area contributed by atoms with E-state index in [2.05, 4.69) is 15.5 Å². The van der Waals surface area contributed by atoms with E-state index in [9.17, 15) is 22.9 Å². The number of aromatic nitrogens is 2. The highest BCUT2D eigenvalue weighted by molar-refractivity contribution is 7.86. The van der Waals surface area contributed by atoms with Crippen LogP contribution >= 0.6 is 11.6 Å². The van der Waals surface area contributed by atoms with Gasteiger partial charge < -0.3 is 25.5 Å². The smallest absolute Gasteiger partial charge is 0.298 e. The number of hydrogen-bond acceptors (Lipinski definition) is 9. The van der Waals surface area contributed by atoms with E-state index in [0.717, 1.165) is 23.4 Å². The van der Waals surface area contributed by atoms with Crippen molar-refractivity contribution in [2.45, 2.75) is 23.8 Å². The first-order valence-electron chi connectivity index (χ1n) is 9.62. The van der Waals surface area contributed by atoms with Crippen molar-refractivity contribution in [1.29, 1.82) is 0 Å². The van der Waals surface area contributed by atoms with Gasteiger partial charge in [-0.2, -0.15) is 8.42 Å². The van der Waals surface area contributed by atoms with Crippen molar-refractivity contribution in [3.63, 3.8) is 0 Å². The quantitative estimate of drug-likeness (QED) is 0.269. The van der Waals surface area contributed by atoms with Crippen molar-refractivity contribution in [2.75, 3.05) is 24.3 Å². The van der Waals surface area contributed by atoms with Gasteiger partial charge in [0.25, 0.3) is 10.1 Å². The monoisotopic (exact) mass is 495 g/mol. The average Bonchev–Trinajstić information content (AvgIpc) is 3.24. The summed E-state index contributed by atoms with van der Waals surface area (Å²) in [4.78, 5) is 13.4. The lowest BCUT2D eigenvalue weighted by Gasteiger charge is -2.12. The number of phenolic OH excluding ortho intramolecular Hbond substituents is 1. The molecule has 0 bridgehead atoms. The lowest BCUT2D eigenvalue weighted by Crippen LogP contribution is -2.17. The molecule has 33 heavy (non-hydrogen) atoms. The third-order valence-corrected chi connectivity index (χ3v) is 5.75. The fraction of sp³-hybridized carbons (Fsp3) is 0.250. The summed E-state index contributed by atoms with van der Waals surface area (Å²) in [6.45, 7) is 0. The molecule has 0 aliphatic carbocycles. The van der Waals surface area contributed by atoms with E-state index in [-0.39, 0.29) is 35.3 Å². The van der Waals surface area contributed by atoms with Crippen LogP contribution in [0.25, 0.3) is 11.5 Å². The normalized spacial score (nSPS) is 12.4. The molecule has 0 saturated heterocycles. The molecule has 1 heterocycles. The highest BCUT2D eigenvalue weighted by Crippen LogP contribution is 2.34. The average molecular weight is 496 g/mol. The Bertz CT molecular complexity index is 1260. The molecule has 3 rings (SSSR count). The molecule has 0 aliphatic rings. The van der Waals surface area contributed by atoms with Crippen molar-refractivity contribution >= 4 is 39.0 Å². The zero-order valence-electron chi connectivity index (χ0n) is 17.7. The second-order valence-electron chi connectivity index (χ2n) is 7.36. The summed E-state index contributed by atoms with van der Waals surface area (Å²) in [5.74, 6) is -0.977. The molecule has 176 valence electrons. The molecule has 0 aliphatic heterocycles. The number of nitrogens with two attached hydrogens (primary N) is 1. The van der Waals surface area contributed by atoms with Gasteiger partial charge in [-0.1, -0.05) is 11.6 Å². The Morgan fingerprint density at radius 3 is 2.52 bits per heavy atom. The molecule has 1 aromatic heterocycles. The zero-order valence-corrected chi connectivity index (χ0v) is 19.3. The van der Waals surface area contributed by atoms with Crippen LogP contribution in [0.15, 0.2) is 45.7 Å². The van der Waals surface area contributed by atoms with Crippen LogP contribution in [0.5, 0.6) is 5.75 Å². The van der Waals surface area contributed by atoms with E-state index >= 15 is 0 Å². The Labute approximate surface area is 194 Å². The van der Waals surface area contributed by atoms with Crippen LogP contribution in [0.2, 0.25) is 5.02 Å². The molecule has 0 fully saturated rings. The number of hydrogen-bond donors (Lipinski definition) is 4. The number of rotatable bonds is 8. The molecule has 0 unspecified atom stereocenters. The van der Waals surface area contributed by atoms with Crippen LogP contribution < -0.4 is 16.0 Å². The maximum Gasteiger partial charge on any atom is 0.298 e. The van der Waals surface area contributed by atoms with Crippen LogP contribution in [-0.4, -0.2) is 48.3 Å². The molecular weight excluding hydrogens is 474 g/mol. The van der Waals surface area contributed by atoms with Gasteiger partial charge in [0.1, 0.15) is 4.90 Å². The molecule has 1 amide bonds. The lowest BCUT2D eigenvalue weighted by atomic mass is 10.1. The molecule has 11 nitrogen and oxygen atoms in total. The lowest BCUT2D eigenvalue weighted by molar-refractivity contribution is -0.116. The Morgan fingerprint density at radius 1 is 1.24 bits per heavy atom. The van der Waals surface area contributed by atoms with Crippen molar-refractivity contribution in [2.24, 2.45) is 5.73 Å². The third kappa shape index (κ3) is 5.99. The minimum absolute atomic E-state index is 0.107. The Hall–Kier alpha value is -3.19. The number of amides is 1. The van der Waals surface area contributed by atoms with Gasteiger partial charge in [-0.15, -0.1) is 10.2 Å². The molecule has 3 aromatic rings. The van der Waals surface area contributed by atoms with Crippen molar-refractivity contribution in [3.8, 4) is 17.2 Å². The van der Waals surface area contributed by atoms with Crippen LogP contribution in [0, 0.1) is 0 Å². The highest BCUT2D eigenvalue weighted by Gasteiger charge is 2.22. The maximum absolute atomic E-state index is 12.3. The standard InChI is InChI=1S/C20H22ClN5O6S/c1-26(2)13-5-3-11(4-6-13)19-24-25-20(32-19)14(22)7-8-17(27)23-15-9-12(21)10-16(18(15)28)33(29,30)31/h3-6,9-10,14,28H,7-8,22H2,1-2H3,(H,23,27)(H,29,30,31)/t14-/m0/s1. The van der Waals surface area contributed by atoms with Crippen molar-refractivity contribution in [1.82, 2.24) is 10.2 Å². The van der Waals surface area contributed by atoms with Gasteiger partial charge in [-0.05, 0) is 42.8 Å². The predicted octanol–water partition coefficient (Wildman–Crippen LogP) is 2.83. The van der Waals surface area contributed by atoms with Crippen LogP contribution in [-0.2, 0) is 14.9 Å². The molecule has 1 atom stereocenters. The molecular formula is C20H22ClN5O6S. The fourth-order valence-corrected chi connectivity index (χ4v) is 3.81. The summed E-state index contributed by atoms with van der Waals surface area (Å²) in [5, 5.41) is 20.2. The van der Waals surface area contributed by atoms with E-state index in [1.165, 1.54) is 0 Å². The van der Waals surface area contributed by atoms with Crippen LogP contribution in [0.3, 0.4) is 0 Å². The number of nitrogens with zero attached hydrogens (tertiary/aromatic N) is 3. The zero-order chi connectivity index (χ0) is 24.3. The molecule has 13 heteroatoms. The first-order chi connectivity index (χ1) is 15.5. The summed E-state index contributed by atoms with van der Waals surface area (Å²) in [7, 11) is -0.886. The second kappa shape index (κ2) is 9.75. The number of carbonyl (C=O) groups is 1. The van der Waals surface area contributed by atoms with Gasteiger partial charge >= 0.3 is 0 Å². The first-order valence-corrected chi connectivity index (χ1v) is 11.4. The summed E-state index contributed by atoms with van der Waals surface area (Å²) in [6, 6.07) is 8.76. The number of benzene rings is 2. The van der Waals surface area contributed by atoms with Gasteiger partial charge in [-0.3, -0.25) is 9.35 Å². The van der Waals surface area contributed by atoms with Gasteiger partial charge in [0.2, 0.25) is 17.7 Å². The topological polar surface area (TPSA) is 172 Å². The fourth-order valence-electron chi connectivity index (χ4n) is 2.89. The van der Waals surface area contributed by atoms with Crippen LogP contribution in [0.1, 0.15) is 24.8 Å². The van der Waals surface area contributed by atoms with Gasteiger partial charge in [0.05, 0.1) is 11.7 Å². The predicted molar refractivity (Wildman–Crippen MR) is 122 cm³/mol.